The van der Waals surface area contributed by atoms with Crippen LogP contribution in [-0.4, -0.2) is 22.6 Å². The Morgan fingerprint density at radius 3 is 3.21 bits per heavy atom. The van der Waals surface area contributed by atoms with Crippen molar-refractivity contribution in [1.29, 1.82) is 0 Å². The monoisotopic (exact) mass is 208 g/mol. The van der Waals surface area contributed by atoms with Crippen molar-refractivity contribution in [3.05, 3.63) is 17.6 Å². The summed E-state index contributed by atoms with van der Waals surface area (Å²) in [5, 5.41) is 3.22. The molecule has 0 aromatic carbocycles. The first-order valence-electron chi connectivity index (χ1n) is 4.46. The Bertz CT molecular complexity index is 425. The number of hydrogen-bond donors (Lipinski definition) is 2. The van der Waals surface area contributed by atoms with Gasteiger partial charge in [-0.25, -0.2) is 9.97 Å². The Balaban J connectivity index is 2.25. The predicted octanol–water partition coefficient (Wildman–Crippen LogP) is 1.45. The minimum Gasteiger partial charge on any atom is -0.366 e. The maximum absolute atomic E-state index is 5.51. The lowest BCUT2D eigenvalue weighted by Crippen LogP contribution is -2.25. The van der Waals surface area contributed by atoms with E-state index in [1.54, 1.807) is 16.8 Å². The molecule has 0 saturated carbocycles. The van der Waals surface area contributed by atoms with Crippen LogP contribution in [0.4, 0.5) is 5.82 Å². The zero-order valence-electron chi connectivity index (χ0n) is 7.90. The molecule has 0 fully saturated rings. The standard InChI is InChI=1S/C9H12N4S/c1-6(4-10)12-8-3-2-7-9(13-8)14-5-11-7/h2-3,5-6H,4,10H2,1H3,(H,12,13). The molecule has 1 atom stereocenters. The van der Waals surface area contributed by atoms with Gasteiger partial charge in [0.2, 0.25) is 0 Å². The van der Waals surface area contributed by atoms with Gasteiger partial charge in [0.05, 0.1) is 5.51 Å². The maximum atomic E-state index is 5.51. The molecule has 0 aliphatic carbocycles. The second kappa shape index (κ2) is 3.89. The molecule has 0 spiro atoms. The van der Waals surface area contributed by atoms with Gasteiger partial charge in [0, 0.05) is 12.6 Å². The van der Waals surface area contributed by atoms with Crippen molar-refractivity contribution in [2.75, 3.05) is 11.9 Å². The van der Waals surface area contributed by atoms with E-state index in [0.717, 1.165) is 16.2 Å². The van der Waals surface area contributed by atoms with E-state index in [1.807, 2.05) is 19.1 Å². The molecule has 0 saturated heterocycles. The molecule has 0 radical (unpaired) electrons. The summed E-state index contributed by atoms with van der Waals surface area (Å²) in [6, 6.07) is 4.13. The average molecular weight is 208 g/mol. The molecule has 2 rings (SSSR count). The average Bonchev–Trinajstić information content (AvgIpc) is 2.64. The van der Waals surface area contributed by atoms with Crippen LogP contribution >= 0.6 is 11.3 Å². The Morgan fingerprint density at radius 1 is 1.57 bits per heavy atom. The summed E-state index contributed by atoms with van der Waals surface area (Å²) in [6.07, 6.45) is 0. The number of thiazole rings is 1. The number of nitrogens with one attached hydrogen (secondary N) is 1. The van der Waals surface area contributed by atoms with Gasteiger partial charge in [0.15, 0.2) is 0 Å². The first-order chi connectivity index (χ1) is 6.79. The molecule has 3 N–H and O–H groups in total. The minimum atomic E-state index is 0.243. The van der Waals surface area contributed by atoms with Gasteiger partial charge in [-0.15, -0.1) is 11.3 Å². The Hall–Kier alpha value is -1.20. The highest BCUT2D eigenvalue weighted by Gasteiger charge is 2.02. The van der Waals surface area contributed by atoms with E-state index in [0.29, 0.717) is 6.54 Å². The van der Waals surface area contributed by atoms with E-state index in [9.17, 15) is 0 Å². The van der Waals surface area contributed by atoms with Gasteiger partial charge in [-0.05, 0) is 19.1 Å². The minimum absolute atomic E-state index is 0.243. The molecule has 4 nitrogen and oxygen atoms in total. The van der Waals surface area contributed by atoms with Crippen LogP contribution in [0.25, 0.3) is 10.3 Å². The van der Waals surface area contributed by atoms with Crippen LogP contribution in [0.1, 0.15) is 6.92 Å². The lowest BCUT2D eigenvalue weighted by Gasteiger charge is -2.11. The summed E-state index contributed by atoms with van der Waals surface area (Å²) in [5.41, 5.74) is 8.26. The van der Waals surface area contributed by atoms with Crippen molar-refractivity contribution in [3.8, 4) is 0 Å². The second-order valence-corrected chi connectivity index (χ2v) is 3.99. The smallest absolute Gasteiger partial charge is 0.145 e. The fourth-order valence-corrected chi connectivity index (χ4v) is 1.80. The highest BCUT2D eigenvalue weighted by molar-refractivity contribution is 7.16. The normalized spacial score (nSPS) is 13.0. The van der Waals surface area contributed by atoms with E-state index in [-0.39, 0.29) is 6.04 Å². The van der Waals surface area contributed by atoms with E-state index in [2.05, 4.69) is 15.3 Å². The van der Waals surface area contributed by atoms with Gasteiger partial charge in [-0.1, -0.05) is 0 Å². The van der Waals surface area contributed by atoms with Crippen LogP contribution in [0.15, 0.2) is 17.6 Å². The highest BCUT2D eigenvalue weighted by atomic mass is 32.1. The molecule has 74 valence electrons. The van der Waals surface area contributed by atoms with Gasteiger partial charge in [0.1, 0.15) is 16.2 Å². The first kappa shape index (κ1) is 9.36. The summed E-state index contributed by atoms with van der Waals surface area (Å²) in [6.45, 7) is 2.63. The quantitative estimate of drug-likeness (QED) is 0.801. The van der Waals surface area contributed by atoms with Crippen LogP contribution in [0, 0.1) is 0 Å². The summed E-state index contributed by atoms with van der Waals surface area (Å²) < 4.78 is 0. The Labute approximate surface area is 86.2 Å². The van der Waals surface area contributed by atoms with Crippen LogP contribution < -0.4 is 11.1 Å². The SMILES string of the molecule is CC(CN)Nc1ccc2ncsc2n1. The predicted molar refractivity (Wildman–Crippen MR) is 59.6 cm³/mol. The second-order valence-electron chi connectivity index (χ2n) is 3.15. The van der Waals surface area contributed by atoms with Gasteiger partial charge in [-0.3, -0.25) is 0 Å². The molecule has 0 bridgehead atoms. The zero-order valence-corrected chi connectivity index (χ0v) is 8.71. The van der Waals surface area contributed by atoms with Crippen LogP contribution in [-0.2, 0) is 0 Å². The molecule has 1 unspecified atom stereocenters. The fraction of sp³-hybridized carbons (Fsp3) is 0.333. The zero-order chi connectivity index (χ0) is 9.97. The number of fused-ring (bicyclic) bond motifs is 1. The summed E-state index contributed by atoms with van der Waals surface area (Å²) >= 11 is 1.54. The largest absolute Gasteiger partial charge is 0.366 e. The van der Waals surface area contributed by atoms with Crippen molar-refractivity contribution in [2.45, 2.75) is 13.0 Å². The molecule has 0 aliphatic rings. The van der Waals surface area contributed by atoms with Gasteiger partial charge in [-0.2, -0.15) is 0 Å². The van der Waals surface area contributed by atoms with Crippen molar-refractivity contribution < 1.29 is 0 Å². The lowest BCUT2D eigenvalue weighted by molar-refractivity contribution is 0.799. The van der Waals surface area contributed by atoms with Gasteiger partial charge in [0.25, 0.3) is 0 Å². The summed E-state index contributed by atoms with van der Waals surface area (Å²) in [4.78, 5) is 9.53. The number of anilines is 1. The van der Waals surface area contributed by atoms with Crippen molar-refractivity contribution in [3.63, 3.8) is 0 Å². The molecule has 14 heavy (non-hydrogen) atoms. The van der Waals surface area contributed by atoms with Crippen LogP contribution in [0.5, 0.6) is 0 Å². The maximum Gasteiger partial charge on any atom is 0.145 e. The van der Waals surface area contributed by atoms with Crippen molar-refractivity contribution in [1.82, 2.24) is 9.97 Å². The van der Waals surface area contributed by atoms with Crippen LogP contribution in [0.2, 0.25) is 0 Å². The number of aromatic nitrogens is 2. The molecule has 2 aromatic rings. The molecular formula is C9H12N4S. The molecule has 2 heterocycles. The van der Waals surface area contributed by atoms with E-state index >= 15 is 0 Å². The number of nitrogens with two attached hydrogens (primary N) is 1. The third-order valence-electron chi connectivity index (χ3n) is 1.94. The Morgan fingerprint density at radius 2 is 2.43 bits per heavy atom. The summed E-state index contributed by atoms with van der Waals surface area (Å²) in [5.74, 6) is 0.861. The fourth-order valence-electron chi connectivity index (χ4n) is 1.14. The number of pyridine rings is 1. The van der Waals surface area contributed by atoms with Crippen LogP contribution in [0.3, 0.4) is 0 Å². The van der Waals surface area contributed by atoms with Crippen molar-refractivity contribution >= 4 is 27.5 Å². The van der Waals surface area contributed by atoms with Crippen molar-refractivity contribution in [2.24, 2.45) is 5.73 Å². The third kappa shape index (κ3) is 1.83. The highest BCUT2D eigenvalue weighted by Crippen LogP contribution is 2.17. The first-order valence-corrected chi connectivity index (χ1v) is 5.34. The number of nitrogens with zero attached hydrogens (tertiary/aromatic N) is 2. The molecule has 5 heteroatoms. The number of rotatable bonds is 3. The number of hydrogen-bond acceptors (Lipinski definition) is 5. The molecular weight excluding hydrogens is 196 g/mol. The van der Waals surface area contributed by atoms with E-state index in [4.69, 9.17) is 5.73 Å². The molecule has 2 aromatic heterocycles. The lowest BCUT2D eigenvalue weighted by atomic mass is 10.3. The van der Waals surface area contributed by atoms with E-state index in [1.165, 1.54) is 0 Å². The van der Waals surface area contributed by atoms with Gasteiger partial charge < -0.3 is 11.1 Å². The topological polar surface area (TPSA) is 63.8 Å². The third-order valence-corrected chi connectivity index (χ3v) is 2.68. The molecule has 0 amide bonds. The molecule has 0 aliphatic heterocycles. The Kier molecular flexibility index (Phi) is 2.60. The summed E-state index contributed by atoms with van der Waals surface area (Å²) in [7, 11) is 0. The van der Waals surface area contributed by atoms with E-state index < -0.39 is 0 Å². The van der Waals surface area contributed by atoms with Gasteiger partial charge >= 0.3 is 0 Å².